The molecule has 0 radical (unpaired) electrons. The molecule has 7 heteroatoms. The van der Waals surface area contributed by atoms with E-state index < -0.39 is 19.0 Å². The van der Waals surface area contributed by atoms with Crippen molar-refractivity contribution in [3.63, 3.8) is 0 Å². The van der Waals surface area contributed by atoms with Crippen molar-refractivity contribution in [2.45, 2.75) is 0 Å². The van der Waals surface area contributed by atoms with E-state index in [0.717, 1.165) is 5.22 Å². The van der Waals surface area contributed by atoms with Gasteiger partial charge in [-0.3, -0.25) is 0 Å². The van der Waals surface area contributed by atoms with Gasteiger partial charge in [0.25, 0.3) is 0 Å². The van der Waals surface area contributed by atoms with Crippen molar-refractivity contribution in [1.82, 2.24) is 9.97 Å². The number of nitrogens with two attached hydrogens (primary N) is 1. The molecule has 0 saturated carbocycles. The molecule has 1 aromatic rings. The molecule has 2 rings (SSSR count). The summed E-state index contributed by atoms with van der Waals surface area (Å²) in [6.45, 7) is 0. The zero-order chi connectivity index (χ0) is 10.2. The predicted octanol–water partition coefficient (Wildman–Crippen LogP) is -1.79. The third-order valence-corrected chi connectivity index (χ3v) is 6.31. The molecule has 1 atom stereocenters. The minimum Gasteiger partial charge on any atom is -0.244 e. The molecule has 0 aliphatic carbocycles. The van der Waals surface area contributed by atoms with Gasteiger partial charge in [0.15, 0.2) is 0 Å². The van der Waals surface area contributed by atoms with Gasteiger partial charge in [-0.15, -0.1) is 9.93 Å². The fraction of sp³-hybridized carbons (Fsp3) is 0.143. The summed E-state index contributed by atoms with van der Waals surface area (Å²) in [6, 6.07) is 0. The molecule has 0 aromatic carbocycles. The van der Waals surface area contributed by atoms with Crippen LogP contribution in [0.4, 0.5) is 0 Å². The van der Waals surface area contributed by atoms with Gasteiger partial charge < -0.3 is 0 Å². The highest BCUT2D eigenvalue weighted by molar-refractivity contribution is 8.83. The van der Waals surface area contributed by atoms with E-state index >= 15 is 0 Å². The van der Waals surface area contributed by atoms with Crippen molar-refractivity contribution in [2.75, 3.05) is 5.75 Å². The van der Waals surface area contributed by atoms with Crippen molar-refractivity contribution < 1.29 is 8.42 Å². The Bertz CT molecular complexity index is 567. The first-order valence-corrected chi connectivity index (χ1v) is 7.60. The van der Waals surface area contributed by atoms with E-state index in [2.05, 4.69) is 9.97 Å². The Hall–Kier alpha value is -0.920. The minimum atomic E-state index is -3.45. The fourth-order valence-corrected chi connectivity index (χ4v) is 4.08. The quantitative estimate of drug-likeness (QED) is 0.442. The highest BCUT2D eigenvalue weighted by Crippen LogP contribution is 2.32. The summed E-state index contributed by atoms with van der Waals surface area (Å²) in [6.07, 6.45) is 4.87. The van der Waals surface area contributed by atoms with E-state index in [1.54, 1.807) is 11.6 Å². The Balaban J connectivity index is 2.60. The van der Waals surface area contributed by atoms with Crippen molar-refractivity contribution in [1.29, 1.82) is 0 Å². The van der Waals surface area contributed by atoms with Gasteiger partial charge in [0.2, 0.25) is 9.06 Å². The van der Waals surface area contributed by atoms with Crippen LogP contribution in [-0.4, -0.2) is 24.1 Å². The molecule has 5 nitrogen and oxygen atoms in total. The zero-order valence-electron chi connectivity index (χ0n) is 7.16. The lowest BCUT2D eigenvalue weighted by atomic mass is 10.4. The van der Waals surface area contributed by atoms with Gasteiger partial charge in [-0.1, -0.05) is 6.08 Å². The van der Waals surface area contributed by atoms with Gasteiger partial charge in [0.1, 0.15) is 6.33 Å². The van der Waals surface area contributed by atoms with Gasteiger partial charge >= 0.3 is 0 Å². The second-order valence-electron chi connectivity index (χ2n) is 2.81. The summed E-state index contributed by atoms with van der Waals surface area (Å²) in [5, 5.41) is 8.23. The first-order valence-electron chi connectivity index (χ1n) is 3.85. The first-order chi connectivity index (χ1) is 6.57. The third-order valence-electron chi connectivity index (χ3n) is 1.86. The Morgan fingerprint density at radius 3 is 3.00 bits per heavy atom. The molecule has 0 amide bonds. The van der Waals surface area contributed by atoms with Crippen LogP contribution in [-0.2, 0) is 9.06 Å². The van der Waals surface area contributed by atoms with Crippen LogP contribution in [0.2, 0.25) is 0 Å². The summed E-state index contributed by atoms with van der Waals surface area (Å²) < 4.78 is 22.2. The van der Waals surface area contributed by atoms with Crippen LogP contribution in [0.25, 0.3) is 11.5 Å². The van der Waals surface area contributed by atoms with Crippen LogP contribution < -0.4 is 15.7 Å². The second kappa shape index (κ2) is 3.34. The zero-order valence-corrected chi connectivity index (χ0v) is 8.87. The molecule has 0 fully saturated rings. The second-order valence-corrected chi connectivity index (χ2v) is 8.23. The molecular weight excluding hydrogens is 222 g/mol. The van der Waals surface area contributed by atoms with Crippen LogP contribution in [0, 0.1) is 0 Å². The summed E-state index contributed by atoms with van der Waals surface area (Å²) in [5.41, 5.74) is 0. The molecule has 0 bridgehead atoms. The molecule has 76 valence electrons. The van der Waals surface area contributed by atoms with Gasteiger partial charge in [0, 0.05) is 17.2 Å². The van der Waals surface area contributed by atoms with Crippen molar-refractivity contribution in [2.24, 2.45) is 5.14 Å². The number of hydrogen-bond donors (Lipinski definition) is 2. The van der Waals surface area contributed by atoms with E-state index in [1.807, 2.05) is 6.08 Å². The highest BCUT2D eigenvalue weighted by Gasteiger charge is 2.14. The summed E-state index contributed by atoms with van der Waals surface area (Å²) in [4.78, 5) is 7.83. The van der Waals surface area contributed by atoms with Gasteiger partial charge in [-0.25, -0.2) is 23.5 Å². The third kappa shape index (κ3) is 1.79. The summed E-state index contributed by atoms with van der Waals surface area (Å²) in [5.74, 6) is 0.453. The number of aromatic nitrogens is 2. The topological polar surface area (TPSA) is 85.9 Å². The average Bonchev–Trinajstić information content (AvgIpc) is 2.16. The SMILES string of the molecule is NS(=O)(=O)[SH]1C=c2ncncc2=CC1. The Kier molecular flexibility index (Phi) is 2.30. The number of hydrogen-bond acceptors (Lipinski definition) is 4. The van der Waals surface area contributed by atoms with Crippen LogP contribution in [0.5, 0.6) is 0 Å². The molecule has 1 aliphatic heterocycles. The maximum Gasteiger partial charge on any atom is 0.246 e. The number of thiol groups is 1. The normalized spacial score (nSPS) is 23.1. The predicted molar refractivity (Wildman–Crippen MR) is 57.2 cm³/mol. The Morgan fingerprint density at radius 2 is 2.29 bits per heavy atom. The van der Waals surface area contributed by atoms with E-state index in [4.69, 9.17) is 5.14 Å². The smallest absolute Gasteiger partial charge is 0.244 e. The van der Waals surface area contributed by atoms with Crippen LogP contribution in [0.15, 0.2) is 12.5 Å². The number of nitrogens with zero attached hydrogens (tertiary/aromatic N) is 2. The molecular formula is C7H9N3O2S2. The Morgan fingerprint density at radius 1 is 1.50 bits per heavy atom. The van der Waals surface area contributed by atoms with Gasteiger partial charge in [-0.2, -0.15) is 0 Å². The number of fused-ring (bicyclic) bond motifs is 1. The molecule has 1 aromatic heterocycles. The molecule has 2 heterocycles. The van der Waals surface area contributed by atoms with E-state index in [0.29, 0.717) is 11.1 Å². The standard InChI is InChI=1S/C7H9N3O2S2/c8-14(11,12)13-2-1-6-3-9-5-10-7(6)4-13/h1,3-5,13H,2H2,(H2,8,11,12). The lowest BCUT2D eigenvalue weighted by Gasteiger charge is -2.14. The van der Waals surface area contributed by atoms with Crippen LogP contribution in [0.3, 0.4) is 0 Å². The largest absolute Gasteiger partial charge is 0.246 e. The lowest BCUT2D eigenvalue weighted by Crippen LogP contribution is -2.32. The maximum atomic E-state index is 11.1. The van der Waals surface area contributed by atoms with E-state index in [-0.39, 0.29) is 0 Å². The number of rotatable bonds is 1. The van der Waals surface area contributed by atoms with E-state index in [9.17, 15) is 8.42 Å². The average molecular weight is 231 g/mol. The lowest BCUT2D eigenvalue weighted by molar-refractivity contribution is 0.612. The molecule has 14 heavy (non-hydrogen) atoms. The van der Waals surface area contributed by atoms with Gasteiger partial charge in [0.05, 0.1) is 5.35 Å². The first kappa shape index (κ1) is 9.63. The van der Waals surface area contributed by atoms with Crippen LogP contribution >= 0.6 is 9.93 Å². The highest BCUT2D eigenvalue weighted by atomic mass is 33.2. The fourth-order valence-electron chi connectivity index (χ4n) is 1.17. The van der Waals surface area contributed by atoms with E-state index in [1.165, 1.54) is 6.33 Å². The van der Waals surface area contributed by atoms with Crippen molar-refractivity contribution in [3.05, 3.63) is 23.1 Å². The monoisotopic (exact) mass is 231 g/mol. The Labute approximate surface area is 83.2 Å². The molecule has 0 saturated heterocycles. The van der Waals surface area contributed by atoms with Gasteiger partial charge in [-0.05, 0) is 5.41 Å². The summed E-state index contributed by atoms with van der Waals surface area (Å²) >= 11 is 0. The minimum absolute atomic E-state index is 0.453. The van der Waals surface area contributed by atoms with Crippen LogP contribution in [0.1, 0.15) is 0 Å². The summed E-state index contributed by atoms with van der Waals surface area (Å²) in [7, 11) is -4.77. The van der Waals surface area contributed by atoms with Crippen molar-refractivity contribution in [3.8, 4) is 0 Å². The van der Waals surface area contributed by atoms with Crippen molar-refractivity contribution >= 4 is 30.5 Å². The maximum absolute atomic E-state index is 11.1. The molecule has 1 aliphatic rings. The molecule has 2 N–H and O–H groups in total. The molecule has 1 unspecified atom stereocenters. The molecule has 0 spiro atoms.